The molecule has 0 radical (unpaired) electrons. The maximum atomic E-state index is 12.0. The van der Waals surface area contributed by atoms with Crippen LogP contribution in [-0.2, 0) is 10.0 Å². The van der Waals surface area contributed by atoms with Gasteiger partial charge in [-0.05, 0) is 37.1 Å². The Balaban J connectivity index is 1.76. The van der Waals surface area contributed by atoms with Crippen molar-refractivity contribution >= 4 is 16.1 Å². The van der Waals surface area contributed by atoms with Crippen molar-refractivity contribution < 1.29 is 17.9 Å². The predicted octanol–water partition coefficient (Wildman–Crippen LogP) is 0.927. The lowest BCUT2D eigenvalue weighted by atomic mass is 10.1. The number of piperazine rings is 1. The average molecular weight is 341 g/mol. The standard InChI is InChI=1S/C15H23N3O4S/c1-12-4-5-14(10-13(12)2)22-11-16-15(19)17-6-8-18(9-7-17)23(3,20)21/h4-5,10H,6-9,11H2,1-3H3,(H,16,19). The second-order valence-corrected chi connectivity index (χ2v) is 7.65. The quantitative estimate of drug-likeness (QED) is 0.826. The van der Waals surface area contributed by atoms with E-state index >= 15 is 0 Å². The van der Waals surface area contributed by atoms with Crippen LogP contribution in [0.3, 0.4) is 0 Å². The third kappa shape index (κ3) is 4.84. The van der Waals surface area contributed by atoms with E-state index in [-0.39, 0.29) is 12.8 Å². The molecule has 0 unspecified atom stereocenters. The average Bonchev–Trinajstić information content (AvgIpc) is 2.50. The van der Waals surface area contributed by atoms with Crippen LogP contribution in [0.5, 0.6) is 5.75 Å². The SMILES string of the molecule is Cc1ccc(OCNC(=O)N2CCN(S(C)(=O)=O)CC2)cc1C. The number of urea groups is 1. The summed E-state index contributed by atoms with van der Waals surface area (Å²) in [5.74, 6) is 0.704. The number of carbonyl (C=O) groups excluding carboxylic acids is 1. The van der Waals surface area contributed by atoms with Gasteiger partial charge in [0.15, 0.2) is 6.73 Å². The zero-order valence-electron chi connectivity index (χ0n) is 13.7. The van der Waals surface area contributed by atoms with Gasteiger partial charge in [0.2, 0.25) is 10.0 Å². The Hall–Kier alpha value is -1.80. The molecule has 0 aliphatic carbocycles. The molecule has 1 fully saturated rings. The highest BCUT2D eigenvalue weighted by Gasteiger charge is 2.25. The number of hydrogen-bond acceptors (Lipinski definition) is 4. The molecule has 0 atom stereocenters. The van der Waals surface area contributed by atoms with Gasteiger partial charge in [0.05, 0.1) is 6.26 Å². The van der Waals surface area contributed by atoms with E-state index in [0.717, 1.165) is 5.56 Å². The Morgan fingerprint density at radius 3 is 2.39 bits per heavy atom. The third-order valence-electron chi connectivity index (χ3n) is 3.94. The molecule has 1 aromatic rings. The lowest BCUT2D eigenvalue weighted by Crippen LogP contribution is -2.53. The molecule has 128 valence electrons. The van der Waals surface area contributed by atoms with Crippen LogP contribution in [0.15, 0.2) is 18.2 Å². The zero-order chi connectivity index (χ0) is 17.0. The van der Waals surface area contributed by atoms with E-state index in [0.29, 0.717) is 31.9 Å². The molecule has 1 heterocycles. The summed E-state index contributed by atoms with van der Waals surface area (Å²) >= 11 is 0. The molecular weight excluding hydrogens is 318 g/mol. The molecule has 0 aromatic heterocycles. The van der Waals surface area contributed by atoms with Crippen LogP contribution in [0.25, 0.3) is 0 Å². The second kappa shape index (κ2) is 7.18. The summed E-state index contributed by atoms with van der Waals surface area (Å²) in [6, 6.07) is 5.50. The second-order valence-electron chi connectivity index (χ2n) is 5.67. The van der Waals surface area contributed by atoms with Crippen LogP contribution in [0.4, 0.5) is 4.79 Å². The molecule has 1 N–H and O–H groups in total. The number of aryl methyl sites for hydroxylation is 2. The van der Waals surface area contributed by atoms with Crippen molar-refractivity contribution in [1.82, 2.24) is 14.5 Å². The molecule has 7 nitrogen and oxygen atoms in total. The summed E-state index contributed by atoms with van der Waals surface area (Å²) in [6.45, 7) is 5.51. The van der Waals surface area contributed by atoms with Crippen LogP contribution >= 0.6 is 0 Å². The third-order valence-corrected chi connectivity index (χ3v) is 5.24. The topological polar surface area (TPSA) is 79.0 Å². The van der Waals surface area contributed by atoms with E-state index in [1.54, 1.807) is 4.90 Å². The zero-order valence-corrected chi connectivity index (χ0v) is 14.5. The van der Waals surface area contributed by atoms with Crippen molar-refractivity contribution in [3.8, 4) is 5.75 Å². The van der Waals surface area contributed by atoms with Gasteiger partial charge in [0.1, 0.15) is 5.75 Å². The van der Waals surface area contributed by atoms with Crippen LogP contribution < -0.4 is 10.1 Å². The van der Waals surface area contributed by atoms with Gasteiger partial charge in [0, 0.05) is 26.2 Å². The summed E-state index contributed by atoms with van der Waals surface area (Å²) in [5, 5.41) is 2.69. The molecule has 0 saturated carbocycles. The Morgan fingerprint density at radius 2 is 1.83 bits per heavy atom. The normalized spacial score (nSPS) is 16.2. The fourth-order valence-electron chi connectivity index (χ4n) is 2.32. The largest absolute Gasteiger partial charge is 0.473 e. The monoisotopic (exact) mass is 341 g/mol. The molecule has 1 saturated heterocycles. The summed E-state index contributed by atoms with van der Waals surface area (Å²) in [7, 11) is -3.19. The van der Waals surface area contributed by atoms with E-state index in [2.05, 4.69) is 5.32 Å². The summed E-state index contributed by atoms with van der Waals surface area (Å²) in [5.41, 5.74) is 2.32. The summed E-state index contributed by atoms with van der Waals surface area (Å²) in [6.07, 6.45) is 1.18. The van der Waals surface area contributed by atoms with E-state index < -0.39 is 10.0 Å². The summed E-state index contributed by atoms with van der Waals surface area (Å²) < 4.78 is 29.8. The van der Waals surface area contributed by atoms with Gasteiger partial charge < -0.3 is 15.0 Å². The first kappa shape index (κ1) is 17.6. The molecule has 1 aliphatic heterocycles. The molecule has 1 aliphatic rings. The number of ether oxygens (including phenoxy) is 1. The van der Waals surface area contributed by atoms with Crippen LogP contribution in [-0.4, -0.2) is 62.8 Å². The molecule has 1 aromatic carbocycles. The Morgan fingerprint density at radius 1 is 1.17 bits per heavy atom. The highest BCUT2D eigenvalue weighted by atomic mass is 32.2. The van der Waals surface area contributed by atoms with E-state index in [1.807, 2.05) is 32.0 Å². The van der Waals surface area contributed by atoms with E-state index in [9.17, 15) is 13.2 Å². The maximum absolute atomic E-state index is 12.0. The van der Waals surface area contributed by atoms with Crippen LogP contribution in [0.2, 0.25) is 0 Å². The number of nitrogens with zero attached hydrogens (tertiary/aromatic N) is 2. The molecule has 2 amide bonds. The minimum absolute atomic E-state index is 0.0770. The molecule has 8 heteroatoms. The number of amides is 2. The van der Waals surface area contributed by atoms with Gasteiger partial charge in [-0.1, -0.05) is 6.07 Å². The van der Waals surface area contributed by atoms with Crippen molar-refractivity contribution in [2.45, 2.75) is 13.8 Å². The predicted molar refractivity (Wildman–Crippen MR) is 87.9 cm³/mol. The first-order valence-corrected chi connectivity index (χ1v) is 9.30. The first-order valence-electron chi connectivity index (χ1n) is 7.45. The lowest BCUT2D eigenvalue weighted by molar-refractivity contribution is 0.162. The minimum Gasteiger partial charge on any atom is -0.473 e. The summed E-state index contributed by atoms with van der Waals surface area (Å²) in [4.78, 5) is 13.6. The lowest BCUT2D eigenvalue weighted by Gasteiger charge is -2.33. The number of benzene rings is 1. The highest BCUT2D eigenvalue weighted by Crippen LogP contribution is 2.16. The van der Waals surface area contributed by atoms with Crippen molar-refractivity contribution in [2.24, 2.45) is 0 Å². The highest BCUT2D eigenvalue weighted by molar-refractivity contribution is 7.88. The maximum Gasteiger partial charge on any atom is 0.320 e. The van der Waals surface area contributed by atoms with Crippen molar-refractivity contribution in [1.29, 1.82) is 0 Å². The first-order chi connectivity index (χ1) is 10.8. The van der Waals surface area contributed by atoms with Gasteiger partial charge in [-0.25, -0.2) is 13.2 Å². The Labute approximate surface area is 137 Å². The van der Waals surface area contributed by atoms with Gasteiger partial charge in [-0.3, -0.25) is 0 Å². The Kier molecular flexibility index (Phi) is 5.48. The number of hydrogen-bond donors (Lipinski definition) is 1. The van der Waals surface area contributed by atoms with Crippen molar-refractivity contribution in [2.75, 3.05) is 39.2 Å². The number of rotatable bonds is 4. The van der Waals surface area contributed by atoms with Gasteiger partial charge in [-0.15, -0.1) is 0 Å². The van der Waals surface area contributed by atoms with E-state index in [1.165, 1.54) is 16.1 Å². The molecule has 23 heavy (non-hydrogen) atoms. The molecule has 0 bridgehead atoms. The fraction of sp³-hybridized carbons (Fsp3) is 0.533. The molecular formula is C15H23N3O4S. The smallest absolute Gasteiger partial charge is 0.320 e. The van der Waals surface area contributed by atoms with Gasteiger partial charge in [-0.2, -0.15) is 4.31 Å². The molecule has 2 rings (SSSR count). The van der Waals surface area contributed by atoms with Crippen molar-refractivity contribution in [3.63, 3.8) is 0 Å². The van der Waals surface area contributed by atoms with E-state index in [4.69, 9.17) is 4.74 Å². The van der Waals surface area contributed by atoms with Gasteiger partial charge in [0.25, 0.3) is 0 Å². The minimum atomic E-state index is -3.19. The number of sulfonamides is 1. The van der Waals surface area contributed by atoms with Gasteiger partial charge >= 0.3 is 6.03 Å². The number of nitrogens with one attached hydrogen (secondary N) is 1. The Bertz CT molecular complexity index is 667. The fourth-order valence-corrected chi connectivity index (χ4v) is 3.15. The number of carbonyl (C=O) groups is 1. The molecule has 0 spiro atoms. The van der Waals surface area contributed by atoms with Crippen LogP contribution in [0.1, 0.15) is 11.1 Å². The van der Waals surface area contributed by atoms with Crippen molar-refractivity contribution in [3.05, 3.63) is 29.3 Å². The van der Waals surface area contributed by atoms with Crippen LogP contribution in [0, 0.1) is 13.8 Å².